The molecule has 0 saturated heterocycles. The lowest BCUT2D eigenvalue weighted by atomic mass is 9.58. The van der Waals surface area contributed by atoms with E-state index in [1.807, 2.05) is 7.11 Å². The Kier molecular flexibility index (Phi) is 3.74. The fourth-order valence-electron chi connectivity index (χ4n) is 4.21. The largest absolute Gasteiger partial charge is 0.381 e. The van der Waals surface area contributed by atoms with Crippen LogP contribution in [0.25, 0.3) is 0 Å². The predicted molar refractivity (Wildman–Crippen MR) is 82.6 cm³/mol. The van der Waals surface area contributed by atoms with Crippen molar-refractivity contribution in [3.8, 4) is 0 Å². The van der Waals surface area contributed by atoms with Gasteiger partial charge in [0.15, 0.2) is 0 Å². The van der Waals surface area contributed by atoms with Gasteiger partial charge in [-0.3, -0.25) is 0 Å². The smallest absolute Gasteiger partial charge is 0.0571 e. The van der Waals surface area contributed by atoms with Crippen LogP contribution in [0.4, 0.5) is 0 Å². The summed E-state index contributed by atoms with van der Waals surface area (Å²) in [5, 5.41) is 0. The van der Waals surface area contributed by atoms with E-state index in [4.69, 9.17) is 4.74 Å². The molecule has 0 aliphatic heterocycles. The first-order chi connectivity index (χ1) is 9.14. The topological polar surface area (TPSA) is 9.23 Å². The minimum absolute atomic E-state index is 0.502. The lowest BCUT2D eigenvalue weighted by Gasteiger charge is -2.48. The molecule has 1 aromatic carbocycles. The standard InChI is InChI=1S/C17H23BrO/c1-12-16-11-14(18)4-3-13(16)5-8-17(12)9-6-15(19-2)7-10-17/h3-4,11-12,15H,5-10H2,1-2H3. The third-order valence-corrected chi connectivity index (χ3v) is 6.14. The van der Waals surface area contributed by atoms with Crippen LogP contribution in [0.15, 0.2) is 22.7 Å². The molecule has 0 amide bonds. The Morgan fingerprint density at radius 2 is 1.95 bits per heavy atom. The average Bonchev–Trinajstić information content (AvgIpc) is 2.45. The van der Waals surface area contributed by atoms with Crippen LogP contribution in [-0.4, -0.2) is 13.2 Å². The first kappa shape index (κ1) is 13.6. The highest BCUT2D eigenvalue weighted by Crippen LogP contribution is 2.54. The zero-order valence-corrected chi connectivity index (χ0v) is 13.5. The molecule has 1 nitrogen and oxygen atoms in total. The molecule has 0 heterocycles. The molecule has 2 aliphatic carbocycles. The van der Waals surface area contributed by atoms with Crippen LogP contribution in [0.3, 0.4) is 0 Å². The summed E-state index contributed by atoms with van der Waals surface area (Å²) in [5.74, 6) is 0.687. The molecule has 0 radical (unpaired) electrons. The van der Waals surface area contributed by atoms with E-state index in [9.17, 15) is 0 Å². The Hall–Kier alpha value is -0.340. The van der Waals surface area contributed by atoms with Crippen LogP contribution in [0.2, 0.25) is 0 Å². The van der Waals surface area contributed by atoms with Crippen molar-refractivity contribution < 1.29 is 4.74 Å². The van der Waals surface area contributed by atoms with Crippen molar-refractivity contribution in [1.29, 1.82) is 0 Å². The second-order valence-corrected chi connectivity index (χ2v) is 7.28. The Bertz CT molecular complexity index is 460. The average molecular weight is 323 g/mol. The van der Waals surface area contributed by atoms with E-state index in [0.717, 1.165) is 0 Å². The first-order valence-corrected chi connectivity index (χ1v) is 8.25. The highest BCUT2D eigenvalue weighted by Gasteiger charge is 2.43. The van der Waals surface area contributed by atoms with Gasteiger partial charge in [0.05, 0.1) is 6.10 Å². The van der Waals surface area contributed by atoms with Crippen LogP contribution >= 0.6 is 15.9 Å². The molecule has 0 aromatic heterocycles. The zero-order chi connectivity index (χ0) is 13.5. The SMILES string of the molecule is COC1CCC2(CCc3ccc(Br)cc3C2C)CC1. The summed E-state index contributed by atoms with van der Waals surface area (Å²) < 4.78 is 6.76. The Balaban J connectivity index is 1.87. The minimum Gasteiger partial charge on any atom is -0.381 e. The molecule has 19 heavy (non-hydrogen) atoms. The molecule has 1 spiro atoms. The number of ether oxygens (including phenoxy) is 1. The molecule has 2 aliphatic rings. The van der Waals surface area contributed by atoms with E-state index in [2.05, 4.69) is 41.1 Å². The van der Waals surface area contributed by atoms with Gasteiger partial charge in [0.25, 0.3) is 0 Å². The molecule has 2 heteroatoms. The molecule has 3 rings (SSSR count). The molecular weight excluding hydrogens is 300 g/mol. The minimum atomic E-state index is 0.502. The molecule has 1 unspecified atom stereocenters. The van der Waals surface area contributed by atoms with Crippen molar-refractivity contribution in [2.24, 2.45) is 5.41 Å². The molecule has 1 saturated carbocycles. The van der Waals surface area contributed by atoms with Gasteiger partial charge in [-0.2, -0.15) is 0 Å². The van der Waals surface area contributed by atoms with Gasteiger partial charge in [-0.25, -0.2) is 0 Å². The quantitative estimate of drug-likeness (QED) is 0.701. The molecule has 0 bridgehead atoms. The number of halogens is 1. The van der Waals surface area contributed by atoms with Gasteiger partial charge in [-0.15, -0.1) is 0 Å². The van der Waals surface area contributed by atoms with Crippen LogP contribution in [0, 0.1) is 5.41 Å². The van der Waals surface area contributed by atoms with E-state index in [1.54, 1.807) is 11.1 Å². The molecule has 1 fully saturated rings. The third kappa shape index (κ3) is 2.38. The Labute approximate surface area is 124 Å². The summed E-state index contributed by atoms with van der Waals surface area (Å²) in [6, 6.07) is 6.85. The van der Waals surface area contributed by atoms with Gasteiger partial charge in [-0.1, -0.05) is 28.9 Å². The van der Waals surface area contributed by atoms with Gasteiger partial charge in [0.1, 0.15) is 0 Å². The van der Waals surface area contributed by atoms with E-state index in [0.29, 0.717) is 17.4 Å². The summed E-state index contributed by atoms with van der Waals surface area (Å²) in [7, 11) is 1.86. The van der Waals surface area contributed by atoms with E-state index >= 15 is 0 Å². The number of rotatable bonds is 1. The van der Waals surface area contributed by atoms with Gasteiger partial charge < -0.3 is 4.74 Å². The van der Waals surface area contributed by atoms with E-state index in [1.165, 1.54) is 43.0 Å². The maximum Gasteiger partial charge on any atom is 0.0571 e. The van der Waals surface area contributed by atoms with Crippen LogP contribution in [0.1, 0.15) is 56.1 Å². The van der Waals surface area contributed by atoms with Crippen molar-refractivity contribution >= 4 is 15.9 Å². The summed E-state index contributed by atoms with van der Waals surface area (Å²) in [5.41, 5.74) is 3.68. The van der Waals surface area contributed by atoms with Crippen molar-refractivity contribution in [3.05, 3.63) is 33.8 Å². The molecule has 1 atom stereocenters. The third-order valence-electron chi connectivity index (χ3n) is 5.65. The van der Waals surface area contributed by atoms with E-state index < -0.39 is 0 Å². The predicted octanol–water partition coefficient (Wildman–Crippen LogP) is 5.07. The van der Waals surface area contributed by atoms with Crippen LogP contribution in [-0.2, 0) is 11.2 Å². The normalized spacial score (nSPS) is 34.3. The van der Waals surface area contributed by atoms with Crippen molar-refractivity contribution in [2.45, 2.75) is 57.5 Å². The Morgan fingerprint density at radius 3 is 2.63 bits per heavy atom. The monoisotopic (exact) mass is 322 g/mol. The van der Waals surface area contributed by atoms with Crippen LogP contribution in [0.5, 0.6) is 0 Å². The second kappa shape index (κ2) is 5.21. The summed E-state index contributed by atoms with van der Waals surface area (Å²) in [6.07, 6.45) is 8.26. The fourth-order valence-corrected chi connectivity index (χ4v) is 4.59. The van der Waals surface area contributed by atoms with Gasteiger partial charge in [0.2, 0.25) is 0 Å². The summed E-state index contributed by atoms with van der Waals surface area (Å²) in [4.78, 5) is 0. The fraction of sp³-hybridized carbons (Fsp3) is 0.647. The van der Waals surface area contributed by atoms with Gasteiger partial charge in [0, 0.05) is 11.6 Å². The molecular formula is C17H23BrO. The van der Waals surface area contributed by atoms with Crippen molar-refractivity contribution in [2.75, 3.05) is 7.11 Å². The number of hydrogen-bond acceptors (Lipinski definition) is 1. The number of methoxy groups -OCH3 is 1. The van der Waals surface area contributed by atoms with E-state index in [-0.39, 0.29) is 0 Å². The summed E-state index contributed by atoms with van der Waals surface area (Å²) >= 11 is 3.63. The maximum atomic E-state index is 5.54. The molecule has 0 N–H and O–H groups in total. The molecule has 104 valence electrons. The highest BCUT2D eigenvalue weighted by atomic mass is 79.9. The Morgan fingerprint density at radius 1 is 1.21 bits per heavy atom. The van der Waals surface area contributed by atoms with Crippen molar-refractivity contribution in [3.63, 3.8) is 0 Å². The first-order valence-electron chi connectivity index (χ1n) is 7.46. The highest BCUT2D eigenvalue weighted by molar-refractivity contribution is 9.10. The van der Waals surface area contributed by atoms with Gasteiger partial charge in [-0.05, 0) is 73.1 Å². The number of fused-ring (bicyclic) bond motifs is 1. The lowest BCUT2D eigenvalue weighted by Crippen LogP contribution is -2.37. The number of aryl methyl sites for hydroxylation is 1. The van der Waals surface area contributed by atoms with Crippen molar-refractivity contribution in [1.82, 2.24) is 0 Å². The second-order valence-electron chi connectivity index (χ2n) is 6.36. The molecule has 1 aromatic rings. The summed E-state index contributed by atoms with van der Waals surface area (Å²) in [6.45, 7) is 2.44. The lowest BCUT2D eigenvalue weighted by molar-refractivity contribution is 0.0110. The number of benzene rings is 1. The number of hydrogen-bond donors (Lipinski definition) is 0. The van der Waals surface area contributed by atoms with Gasteiger partial charge >= 0.3 is 0 Å². The zero-order valence-electron chi connectivity index (χ0n) is 11.9. The van der Waals surface area contributed by atoms with Crippen LogP contribution < -0.4 is 0 Å². The maximum absolute atomic E-state index is 5.54.